The molecule has 0 aromatic heterocycles. The van der Waals surface area contributed by atoms with Gasteiger partial charge >= 0.3 is 18.0 Å². The predicted molar refractivity (Wildman–Crippen MR) is 147 cm³/mol. The van der Waals surface area contributed by atoms with Crippen molar-refractivity contribution < 1.29 is 33.8 Å². The van der Waals surface area contributed by atoms with Gasteiger partial charge in [-0.2, -0.15) is 0 Å². The Hall–Kier alpha value is -3.41. The van der Waals surface area contributed by atoms with Crippen molar-refractivity contribution in [1.29, 1.82) is 0 Å². The molecular formula is C27H37BrN4O7. The van der Waals surface area contributed by atoms with Gasteiger partial charge in [0.05, 0.1) is 24.6 Å². The quantitative estimate of drug-likeness (QED) is 0.236. The van der Waals surface area contributed by atoms with Crippen molar-refractivity contribution in [2.24, 2.45) is 5.92 Å². The molecule has 0 bridgehead atoms. The van der Waals surface area contributed by atoms with Gasteiger partial charge < -0.3 is 25.8 Å². The Bertz CT molecular complexity index is 1090. The molecular weight excluding hydrogens is 572 g/mol. The van der Waals surface area contributed by atoms with Crippen molar-refractivity contribution in [1.82, 2.24) is 20.9 Å². The third kappa shape index (κ3) is 9.68. The number of rotatable bonds is 14. The molecule has 0 radical (unpaired) electrons. The van der Waals surface area contributed by atoms with Gasteiger partial charge in [-0.1, -0.05) is 41.9 Å². The number of halogens is 1. The minimum absolute atomic E-state index is 0.0220. The van der Waals surface area contributed by atoms with E-state index in [-0.39, 0.29) is 62.7 Å². The standard InChI is InChI=1S/C27H37BrN4O7/c1-5-39-26(37)24-17(4)32(27(38)31-25(24)18-8-10-19(28)11-9-18)14-6-7-21(33)30-20(16(2)3)15-22(34)29-13-12-23(35)36/h8-11,16,20,25H,5-7,12-15H2,1-4H3,(H,29,34)(H,30,33)(H,31,38)(H,35,36)/t20-,25?/m1/s1. The molecule has 1 aliphatic heterocycles. The number of carboxylic acids is 1. The largest absolute Gasteiger partial charge is 0.481 e. The van der Waals surface area contributed by atoms with Crippen LogP contribution in [0.1, 0.15) is 65.0 Å². The monoisotopic (exact) mass is 608 g/mol. The molecule has 4 N–H and O–H groups in total. The Labute approximate surface area is 236 Å². The summed E-state index contributed by atoms with van der Waals surface area (Å²) < 4.78 is 6.14. The van der Waals surface area contributed by atoms with Crippen LogP contribution in [0.3, 0.4) is 0 Å². The van der Waals surface area contributed by atoms with Crippen molar-refractivity contribution in [3.8, 4) is 0 Å². The predicted octanol–water partition coefficient (Wildman–Crippen LogP) is 3.25. The van der Waals surface area contributed by atoms with E-state index in [9.17, 15) is 24.0 Å². The van der Waals surface area contributed by atoms with Crippen molar-refractivity contribution >= 4 is 45.7 Å². The number of hydrogen-bond donors (Lipinski definition) is 4. The third-order valence-corrected chi connectivity index (χ3v) is 6.83. The van der Waals surface area contributed by atoms with Crippen LogP contribution in [0.2, 0.25) is 0 Å². The number of aliphatic carboxylic acids is 1. The van der Waals surface area contributed by atoms with Gasteiger partial charge in [0.1, 0.15) is 0 Å². The summed E-state index contributed by atoms with van der Waals surface area (Å²) in [7, 11) is 0. The lowest BCUT2D eigenvalue weighted by Crippen LogP contribution is -2.48. The van der Waals surface area contributed by atoms with Crippen LogP contribution in [0.4, 0.5) is 4.79 Å². The van der Waals surface area contributed by atoms with E-state index < -0.39 is 24.0 Å². The number of allylic oxidation sites excluding steroid dienone is 1. The van der Waals surface area contributed by atoms with Crippen LogP contribution in [0.25, 0.3) is 0 Å². The van der Waals surface area contributed by atoms with Crippen molar-refractivity contribution in [3.63, 3.8) is 0 Å². The number of amides is 4. The number of urea groups is 1. The van der Waals surface area contributed by atoms with Crippen LogP contribution < -0.4 is 16.0 Å². The van der Waals surface area contributed by atoms with Crippen molar-refractivity contribution in [2.45, 2.75) is 65.5 Å². The van der Waals surface area contributed by atoms with E-state index in [4.69, 9.17) is 9.84 Å². The molecule has 0 saturated heterocycles. The molecule has 1 aromatic carbocycles. The SMILES string of the molecule is CCOC(=O)C1=C(C)N(CCCC(=O)N[C@H](CC(=O)NCCC(=O)O)C(C)C)C(=O)NC1c1ccc(Br)cc1. The second-order valence-corrected chi connectivity index (χ2v) is 10.4. The van der Waals surface area contributed by atoms with Gasteiger partial charge in [-0.15, -0.1) is 0 Å². The molecule has 0 spiro atoms. The van der Waals surface area contributed by atoms with Crippen LogP contribution in [0, 0.1) is 5.92 Å². The first-order valence-electron chi connectivity index (χ1n) is 12.9. The number of nitrogens with zero attached hydrogens (tertiary/aromatic N) is 1. The highest BCUT2D eigenvalue weighted by Crippen LogP contribution is 2.32. The van der Waals surface area contributed by atoms with E-state index in [1.54, 1.807) is 13.8 Å². The molecule has 1 unspecified atom stereocenters. The lowest BCUT2D eigenvalue weighted by Gasteiger charge is -2.35. The van der Waals surface area contributed by atoms with Crippen LogP contribution >= 0.6 is 15.9 Å². The summed E-state index contributed by atoms with van der Waals surface area (Å²) in [6.07, 6.45) is 0.279. The molecule has 1 aromatic rings. The lowest BCUT2D eigenvalue weighted by atomic mass is 9.95. The normalized spacial score (nSPS) is 16.0. The number of carboxylic acid groups (broad SMARTS) is 1. The first kappa shape index (κ1) is 31.8. The Balaban J connectivity index is 2.04. The Morgan fingerprint density at radius 2 is 1.79 bits per heavy atom. The smallest absolute Gasteiger partial charge is 0.338 e. The maximum atomic E-state index is 13.0. The molecule has 1 aliphatic rings. The number of carbonyl (C=O) groups is 5. The van der Waals surface area contributed by atoms with Gasteiger partial charge in [0, 0.05) is 42.1 Å². The second kappa shape index (κ2) is 15.2. The first-order valence-corrected chi connectivity index (χ1v) is 13.7. The van der Waals surface area contributed by atoms with E-state index in [1.807, 2.05) is 38.1 Å². The molecule has 214 valence electrons. The molecule has 1 heterocycles. The van der Waals surface area contributed by atoms with E-state index in [1.165, 1.54) is 4.90 Å². The van der Waals surface area contributed by atoms with E-state index in [0.29, 0.717) is 17.7 Å². The van der Waals surface area contributed by atoms with Gasteiger partial charge in [-0.3, -0.25) is 19.3 Å². The lowest BCUT2D eigenvalue weighted by molar-refractivity contribution is -0.139. The number of benzene rings is 1. The number of nitrogens with one attached hydrogen (secondary N) is 3. The van der Waals surface area contributed by atoms with E-state index in [2.05, 4.69) is 31.9 Å². The molecule has 39 heavy (non-hydrogen) atoms. The Morgan fingerprint density at radius 3 is 2.38 bits per heavy atom. The fraction of sp³-hybridized carbons (Fsp3) is 0.519. The first-order chi connectivity index (χ1) is 18.4. The number of esters is 1. The zero-order valence-electron chi connectivity index (χ0n) is 22.7. The summed E-state index contributed by atoms with van der Waals surface area (Å²) in [5.41, 5.74) is 1.53. The van der Waals surface area contributed by atoms with Gasteiger partial charge in [-0.05, 0) is 43.9 Å². The summed E-state index contributed by atoms with van der Waals surface area (Å²) >= 11 is 3.39. The average molecular weight is 610 g/mol. The number of ether oxygens (including phenoxy) is 1. The zero-order valence-corrected chi connectivity index (χ0v) is 24.3. The maximum Gasteiger partial charge on any atom is 0.338 e. The molecule has 2 rings (SSSR count). The van der Waals surface area contributed by atoms with Gasteiger partial charge in [0.25, 0.3) is 0 Å². The van der Waals surface area contributed by atoms with Crippen molar-refractivity contribution in [2.75, 3.05) is 19.7 Å². The molecule has 0 fully saturated rings. The highest BCUT2D eigenvalue weighted by atomic mass is 79.9. The molecule has 2 atom stereocenters. The van der Waals surface area contributed by atoms with Crippen molar-refractivity contribution in [3.05, 3.63) is 45.6 Å². The third-order valence-electron chi connectivity index (χ3n) is 6.30. The Morgan fingerprint density at radius 1 is 1.13 bits per heavy atom. The second-order valence-electron chi connectivity index (χ2n) is 9.52. The minimum atomic E-state index is -1.00. The fourth-order valence-corrected chi connectivity index (χ4v) is 4.40. The van der Waals surface area contributed by atoms with Gasteiger partial charge in [0.2, 0.25) is 11.8 Å². The Kier molecular flexibility index (Phi) is 12.4. The number of carbonyl (C=O) groups excluding carboxylic acids is 4. The fourth-order valence-electron chi connectivity index (χ4n) is 4.14. The molecule has 11 nitrogen and oxygen atoms in total. The molecule has 12 heteroatoms. The summed E-state index contributed by atoms with van der Waals surface area (Å²) in [6, 6.07) is 5.82. The molecule has 4 amide bonds. The van der Waals surface area contributed by atoms with Gasteiger partial charge in [0.15, 0.2) is 0 Å². The summed E-state index contributed by atoms with van der Waals surface area (Å²) in [6.45, 7) is 7.56. The highest BCUT2D eigenvalue weighted by Gasteiger charge is 2.36. The van der Waals surface area contributed by atoms with Crippen LogP contribution in [-0.4, -0.2) is 65.5 Å². The minimum Gasteiger partial charge on any atom is -0.481 e. The molecule has 0 saturated carbocycles. The summed E-state index contributed by atoms with van der Waals surface area (Å²) in [5, 5.41) is 17.0. The topological polar surface area (TPSA) is 154 Å². The van der Waals surface area contributed by atoms with Crippen LogP contribution in [-0.2, 0) is 23.9 Å². The summed E-state index contributed by atoms with van der Waals surface area (Å²) in [5.74, 6) is -2.17. The van der Waals surface area contributed by atoms with Gasteiger partial charge in [-0.25, -0.2) is 9.59 Å². The van der Waals surface area contributed by atoms with E-state index >= 15 is 0 Å². The maximum absolute atomic E-state index is 13.0. The van der Waals surface area contributed by atoms with E-state index in [0.717, 1.165) is 10.0 Å². The van der Waals surface area contributed by atoms with Crippen LogP contribution in [0.15, 0.2) is 40.0 Å². The van der Waals surface area contributed by atoms with Crippen LogP contribution in [0.5, 0.6) is 0 Å². The molecule has 0 aliphatic carbocycles. The average Bonchev–Trinajstić information content (AvgIpc) is 2.85. The highest BCUT2D eigenvalue weighted by molar-refractivity contribution is 9.10. The zero-order chi connectivity index (χ0) is 29.1. The number of hydrogen-bond acceptors (Lipinski definition) is 6. The summed E-state index contributed by atoms with van der Waals surface area (Å²) in [4.78, 5) is 62.7.